The molecule has 0 spiro atoms. The van der Waals surface area contributed by atoms with Crippen molar-refractivity contribution >= 4 is 29.3 Å². The first kappa shape index (κ1) is 20.9. The summed E-state index contributed by atoms with van der Waals surface area (Å²) >= 11 is 6.06. The molecular weight excluding hydrogens is 384 g/mol. The van der Waals surface area contributed by atoms with Crippen LogP contribution in [0.4, 0.5) is 5.69 Å². The molecule has 0 fully saturated rings. The standard InChI is InChI=1S/C20H19ClN2O5/c1-25-16-6-5-14(10-15(16)21)23-20(24)13(11-22)7-12-8-17(26-2)19(28-4)18(9-12)27-3/h5-10H,1-4H3,(H,23,24)/b13-7+. The Morgan fingerprint density at radius 1 is 1.00 bits per heavy atom. The van der Waals surface area contributed by atoms with Gasteiger partial charge >= 0.3 is 0 Å². The molecule has 0 heterocycles. The summed E-state index contributed by atoms with van der Waals surface area (Å²) in [5.41, 5.74) is 0.858. The molecular formula is C20H19ClN2O5. The highest BCUT2D eigenvalue weighted by atomic mass is 35.5. The first-order valence-corrected chi connectivity index (χ1v) is 8.41. The molecule has 2 aromatic carbocycles. The molecule has 0 atom stereocenters. The Labute approximate surface area is 168 Å². The maximum Gasteiger partial charge on any atom is 0.266 e. The Morgan fingerprint density at radius 3 is 2.07 bits per heavy atom. The van der Waals surface area contributed by atoms with Gasteiger partial charge in [-0.1, -0.05) is 11.6 Å². The maximum absolute atomic E-state index is 12.5. The van der Waals surface area contributed by atoms with Gasteiger partial charge in [0.05, 0.1) is 33.5 Å². The molecule has 0 aliphatic heterocycles. The molecule has 1 N–H and O–H groups in total. The van der Waals surface area contributed by atoms with E-state index < -0.39 is 5.91 Å². The summed E-state index contributed by atoms with van der Waals surface area (Å²) in [5, 5.41) is 12.4. The third-order valence-electron chi connectivity index (χ3n) is 3.77. The van der Waals surface area contributed by atoms with Gasteiger partial charge in [0.25, 0.3) is 5.91 Å². The van der Waals surface area contributed by atoms with Crippen LogP contribution in [0.15, 0.2) is 35.9 Å². The Balaban J connectivity index is 2.34. The van der Waals surface area contributed by atoms with Crippen molar-refractivity contribution in [1.82, 2.24) is 0 Å². The van der Waals surface area contributed by atoms with Crippen LogP contribution >= 0.6 is 11.6 Å². The normalized spacial score (nSPS) is 10.6. The second-order valence-electron chi connectivity index (χ2n) is 5.43. The van der Waals surface area contributed by atoms with E-state index in [-0.39, 0.29) is 5.57 Å². The molecule has 0 radical (unpaired) electrons. The number of rotatable bonds is 7. The predicted molar refractivity (Wildman–Crippen MR) is 106 cm³/mol. The van der Waals surface area contributed by atoms with E-state index in [4.69, 9.17) is 30.5 Å². The molecule has 0 saturated carbocycles. The predicted octanol–water partition coefficient (Wildman–Crippen LogP) is 3.92. The molecule has 2 rings (SSSR count). The van der Waals surface area contributed by atoms with E-state index in [1.165, 1.54) is 40.6 Å². The summed E-state index contributed by atoms with van der Waals surface area (Å²) in [5.74, 6) is 1.13. The number of hydrogen-bond acceptors (Lipinski definition) is 6. The Kier molecular flexibility index (Phi) is 7.13. The van der Waals surface area contributed by atoms with Crippen LogP contribution in [-0.4, -0.2) is 34.3 Å². The van der Waals surface area contributed by atoms with Crippen LogP contribution in [-0.2, 0) is 4.79 Å². The highest BCUT2D eigenvalue weighted by molar-refractivity contribution is 6.32. The van der Waals surface area contributed by atoms with Crippen molar-refractivity contribution < 1.29 is 23.7 Å². The molecule has 0 aromatic heterocycles. The zero-order valence-electron chi connectivity index (χ0n) is 15.8. The van der Waals surface area contributed by atoms with Crippen molar-refractivity contribution in [2.75, 3.05) is 33.8 Å². The molecule has 0 aliphatic rings. The number of ether oxygens (including phenoxy) is 4. The van der Waals surface area contributed by atoms with Crippen molar-refractivity contribution in [2.45, 2.75) is 0 Å². The van der Waals surface area contributed by atoms with E-state index in [2.05, 4.69) is 5.32 Å². The van der Waals surface area contributed by atoms with Crippen LogP contribution in [0.5, 0.6) is 23.0 Å². The van der Waals surface area contributed by atoms with E-state index in [0.29, 0.717) is 39.3 Å². The third kappa shape index (κ3) is 4.67. The fourth-order valence-electron chi connectivity index (χ4n) is 2.44. The third-order valence-corrected chi connectivity index (χ3v) is 4.07. The Hall–Kier alpha value is -3.37. The number of carbonyl (C=O) groups excluding carboxylic acids is 1. The first-order chi connectivity index (χ1) is 13.5. The number of carbonyl (C=O) groups is 1. The number of nitrogens with zero attached hydrogens (tertiary/aromatic N) is 1. The van der Waals surface area contributed by atoms with Gasteiger partial charge in [-0.3, -0.25) is 4.79 Å². The summed E-state index contributed by atoms with van der Waals surface area (Å²) in [6.07, 6.45) is 1.42. The van der Waals surface area contributed by atoms with Crippen LogP contribution < -0.4 is 24.3 Å². The van der Waals surface area contributed by atoms with Gasteiger partial charge < -0.3 is 24.3 Å². The van der Waals surface area contributed by atoms with Crippen molar-refractivity contribution in [3.05, 3.63) is 46.5 Å². The van der Waals surface area contributed by atoms with E-state index in [1.807, 2.05) is 6.07 Å². The van der Waals surface area contributed by atoms with Crippen LogP contribution in [0.25, 0.3) is 6.08 Å². The van der Waals surface area contributed by atoms with Gasteiger partial charge in [0, 0.05) is 5.69 Å². The topological polar surface area (TPSA) is 89.8 Å². The van der Waals surface area contributed by atoms with Gasteiger partial charge in [0.15, 0.2) is 11.5 Å². The molecule has 0 bridgehead atoms. The molecule has 0 unspecified atom stereocenters. The minimum absolute atomic E-state index is 0.110. The first-order valence-electron chi connectivity index (χ1n) is 8.04. The van der Waals surface area contributed by atoms with Crippen LogP contribution in [0, 0.1) is 11.3 Å². The van der Waals surface area contributed by atoms with Crippen molar-refractivity contribution in [3.8, 4) is 29.1 Å². The molecule has 28 heavy (non-hydrogen) atoms. The highest BCUT2D eigenvalue weighted by Gasteiger charge is 2.15. The molecule has 0 aliphatic carbocycles. The largest absolute Gasteiger partial charge is 0.495 e. The number of nitriles is 1. The van der Waals surface area contributed by atoms with E-state index in [9.17, 15) is 10.1 Å². The van der Waals surface area contributed by atoms with Crippen molar-refractivity contribution in [1.29, 1.82) is 5.26 Å². The Bertz CT molecular complexity index is 925. The Morgan fingerprint density at radius 2 is 1.61 bits per heavy atom. The van der Waals surface area contributed by atoms with Crippen molar-refractivity contribution in [2.24, 2.45) is 0 Å². The molecule has 8 heteroatoms. The summed E-state index contributed by atoms with van der Waals surface area (Å²) < 4.78 is 20.9. The lowest BCUT2D eigenvalue weighted by Gasteiger charge is -2.13. The number of anilines is 1. The molecule has 2 aromatic rings. The quantitative estimate of drug-likeness (QED) is 0.557. The van der Waals surface area contributed by atoms with Crippen LogP contribution in [0.3, 0.4) is 0 Å². The van der Waals surface area contributed by atoms with Crippen LogP contribution in [0.2, 0.25) is 5.02 Å². The fourth-order valence-corrected chi connectivity index (χ4v) is 2.70. The zero-order chi connectivity index (χ0) is 20.7. The number of benzene rings is 2. The summed E-state index contributed by atoms with van der Waals surface area (Å²) in [7, 11) is 5.95. The van der Waals surface area contributed by atoms with Crippen LogP contribution in [0.1, 0.15) is 5.56 Å². The lowest BCUT2D eigenvalue weighted by Crippen LogP contribution is -2.13. The van der Waals surface area contributed by atoms with Gasteiger partial charge in [-0.25, -0.2) is 0 Å². The van der Waals surface area contributed by atoms with Gasteiger partial charge in [0.1, 0.15) is 17.4 Å². The zero-order valence-corrected chi connectivity index (χ0v) is 16.6. The minimum atomic E-state index is -0.586. The van der Waals surface area contributed by atoms with Gasteiger partial charge in [0.2, 0.25) is 5.75 Å². The van der Waals surface area contributed by atoms with E-state index >= 15 is 0 Å². The molecule has 7 nitrogen and oxygen atoms in total. The smallest absolute Gasteiger partial charge is 0.266 e. The van der Waals surface area contributed by atoms with Gasteiger partial charge in [-0.15, -0.1) is 0 Å². The lowest BCUT2D eigenvalue weighted by molar-refractivity contribution is -0.112. The summed E-state index contributed by atoms with van der Waals surface area (Å²) in [6, 6.07) is 9.93. The fraction of sp³-hybridized carbons (Fsp3) is 0.200. The average molecular weight is 403 g/mol. The summed E-state index contributed by atoms with van der Waals surface area (Å²) in [6.45, 7) is 0. The number of nitrogens with one attached hydrogen (secondary N) is 1. The molecule has 0 saturated heterocycles. The van der Waals surface area contributed by atoms with Gasteiger partial charge in [-0.05, 0) is 42.0 Å². The highest BCUT2D eigenvalue weighted by Crippen LogP contribution is 2.38. The number of methoxy groups -OCH3 is 4. The van der Waals surface area contributed by atoms with Gasteiger partial charge in [-0.2, -0.15) is 5.26 Å². The molecule has 1 amide bonds. The number of halogens is 1. The summed E-state index contributed by atoms with van der Waals surface area (Å²) in [4.78, 5) is 12.5. The SMILES string of the molecule is COc1ccc(NC(=O)/C(C#N)=C/c2cc(OC)c(OC)c(OC)c2)cc1Cl. The lowest BCUT2D eigenvalue weighted by atomic mass is 10.1. The molecule has 146 valence electrons. The number of amides is 1. The second-order valence-corrected chi connectivity index (χ2v) is 5.84. The second kappa shape index (κ2) is 9.53. The van der Waals surface area contributed by atoms with Crippen molar-refractivity contribution in [3.63, 3.8) is 0 Å². The monoisotopic (exact) mass is 402 g/mol. The maximum atomic E-state index is 12.5. The van der Waals surface area contributed by atoms with E-state index in [1.54, 1.807) is 24.3 Å². The van der Waals surface area contributed by atoms with E-state index in [0.717, 1.165) is 0 Å². The number of hydrogen-bond donors (Lipinski definition) is 1. The average Bonchev–Trinajstić information content (AvgIpc) is 2.71. The minimum Gasteiger partial charge on any atom is -0.495 e.